The minimum atomic E-state index is -3.94. The summed E-state index contributed by atoms with van der Waals surface area (Å²) in [6.45, 7) is 16.2. The molecule has 61 heavy (non-hydrogen) atoms. The average Bonchev–Trinajstić information content (AvgIpc) is 4.05. The Morgan fingerprint density at radius 2 is 0.967 bits per heavy atom. The Morgan fingerprint density at radius 3 is 1.26 bits per heavy atom. The van der Waals surface area contributed by atoms with Gasteiger partial charge in [-0.3, -0.25) is 0 Å². The van der Waals surface area contributed by atoms with E-state index in [-0.39, 0.29) is 6.04 Å². The van der Waals surface area contributed by atoms with Gasteiger partial charge in [0.05, 0.1) is 16.1 Å². The van der Waals surface area contributed by atoms with E-state index in [0.29, 0.717) is 9.52 Å². The van der Waals surface area contributed by atoms with Gasteiger partial charge in [0.2, 0.25) is 0 Å². The summed E-state index contributed by atoms with van der Waals surface area (Å²) in [6, 6.07) is 42.3. The average molecular weight is 993 g/mol. The SMILES string of the molecule is C[Si](C)(C)c1ccc(-c2cccc3[cH-]c(CC4CCCC4)cc23)cc1.C[Si](C)(C)c1ccc(-c2cccc3[cH-]c(CC4CCCC4)cc23)cc1.C[Si]CCC(F)(F)F.[Cl][Zr+2][Cl]. The van der Waals surface area contributed by atoms with Crippen LogP contribution in [0.1, 0.15) is 68.9 Å². The molecule has 8 rings (SSSR count). The van der Waals surface area contributed by atoms with E-state index >= 15 is 0 Å². The maximum atomic E-state index is 11.2. The molecule has 0 atom stereocenters. The Kier molecular flexibility index (Phi) is 19.1. The summed E-state index contributed by atoms with van der Waals surface area (Å²) in [6.07, 6.45) is 9.38. The summed E-state index contributed by atoms with van der Waals surface area (Å²) < 4.78 is 33.7. The van der Waals surface area contributed by atoms with E-state index in [1.54, 1.807) is 6.55 Å². The standard InChI is InChI=1S/2C24H29Si.C4H7F3Si.2ClH.Zr/c2*1-25(2,3)22-13-11-20(12-14-22)23-10-6-9-21-16-19(17-24(21)23)15-18-7-4-5-8-18;1-8-3-2-4(5,6)7;;;/h2*6,9-14,16-18H,4-5,7-8,15H2,1-3H3;2-3H2,1H3;2*1H;/q2*-1;;;;+4/p-2. The number of benzene rings is 4. The molecule has 2 saturated carbocycles. The van der Waals surface area contributed by atoms with Crippen molar-refractivity contribution in [2.75, 3.05) is 0 Å². The molecule has 6 aromatic rings. The Labute approximate surface area is 388 Å². The molecule has 9 heteroatoms. The molecule has 0 saturated heterocycles. The third-order valence-electron chi connectivity index (χ3n) is 12.4. The number of rotatable bonds is 10. The molecule has 2 fully saturated rings. The maximum absolute atomic E-state index is 11.2. The molecule has 0 bridgehead atoms. The van der Waals surface area contributed by atoms with Gasteiger partial charge < -0.3 is 0 Å². The van der Waals surface area contributed by atoms with Crippen LogP contribution >= 0.6 is 17.0 Å². The second kappa shape index (κ2) is 23.3. The molecule has 2 aliphatic rings. The van der Waals surface area contributed by atoms with Crippen LogP contribution in [0.15, 0.2) is 109 Å². The van der Waals surface area contributed by atoms with E-state index in [1.165, 1.54) is 130 Å². The molecule has 0 nitrogen and oxygen atoms in total. The van der Waals surface area contributed by atoms with E-state index in [4.69, 9.17) is 17.0 Å². The molecule has 0 amide bonds. The Morgan fingerprint density at radius 1 is 0.607 bits per heavy atom. The van der Waals surface area contributed by atoms with Crippen molar-refractivity contribution in [3.05, 3.63) is 120 Å². The Hall–Kier alpha value is -2.00. The molecule has 0 heterocycles. The van der Waals surface area contributed by atoms with Gasteiger partial charge in [-0.1, -0.05) is 185 Å². The van der Waals surface area contributed by atoms with Crippen LogP contribution in [0.4, 0.5) is 13.2 Å². The zero-order valence-corrected chi connectivity index (χ0v) is 44.4. The third-order valence-corrected chi connectivity index (χ3v) is 17.3. The first kappa shape index (κ1) is 50.0. The summed E-state index contributed by atoms with van der Waals surface area (Å²) in [5, 5.41) is 8.73. The molecule has 0 spiro atoms. The summed E-state index contributed by atoms with van der Waals surface area (Å²) in [5.41, 5.74) is 8.55. The van der Waals surface area contributed by atoms with Crippen molar-refractivity contribution >= 4 is 74.6 Å². The number of alkyl halides is 3. The molecule has 6 aromatic carbocycles. The van der Waals surface area contributed by atoms with E-state index in [1.807, 2.05) is 0 Å². The zero-order chi connectivity index (χ0) is 44.2. The van der Waals surface area contributed by atoms with Gasteiger partial charge in [-0.2, -0.15) is 25.3 Å². The van der Waals surface area contributed by atoms with Crippen LogP contribution < -0.4 is 10.4 Å². The summed E-state index contributed by atoms with van der Waals surface area (Å²) in [4.78, 5) is 0. The van der Waals surface area contributed by atoms with Crippen molar-refractivity contribution in [3.63, 3.8) is 0 Å². The van der Waals surface area contributed by atoms with Crippen LogP contribution in [0.3, 0.4) is 0 Å². The number of hydrogen-bond donors (Lipinski definition) is 0. The number of hydrogen-bond acceptors (Lipinski definition) is 0. The summed E-state index contributed by atoms with van der Waals surface area (Å²) in [7, 11) is 7.82. The van der Waals surface area contributed by atoms with Crippen molar-refractivity contribution in [3.8, 4) is 22.3 Å². The van der Waals surface area contributed by atoms with Gasteiger partial charge in [0, 0.05) is 15.9 Å². The van der Waals surface area contributed by atoms with Crippen molar-refractivity contribution in [1.29, 1.82) is 0 Å². The van der Waals surface area contributed by atoms with Gasteiger partial charge in [0.15, 0.2) is 0 Å². The predicted molar refractivity (Wildman–Crippen MR) is 266 cm³/mol. The van der Waals surface area contributed by atoms with Gasteiger partial charge in [0.1, 0.15) is 0 Å². The van der Waals surface area contributed by atoms with Crippen LogP contribution in [0.25, 0.3) is 43.8 Å². The van der Waals surface area contributed by atoms with E-state index in [0.717, 1.165) is 11.8 Å². The molecule has 2 aliphatic carbocycles. The second-order valence-electron chi connectivity index (χ2n) is 19.2. The quantitative estimate of drug-likeness (QED) is 0.0948. The fourth-order valence-corrected chi connectivity index (χ4v) is 11.9. The second-order valence-corrected chi connectivity index (χ2v) is 34.3. The molecule has 324 valence electrons. The van der Waals surface area contributed by atoms with Crippen LogP contribution in [0.5, 0.6) is 0 Å². The predicted octanol–water partition coefficient (Wildman–Crippen LogP) is 16.5. The Bertz CT molecular complexity index is 2070. The van der Waals surface area contributed by atoms with Crippen molar-refractivity contribution < 1.29 is 34.0 Å². The van der Waals surface area contributed by atoms with Crippen LogP contribution in [0, 0.1) is 11.8 Å². The van der Waals surface area contributed by atoms with Crippen molar-refractivity contribution in [1.82, 2.24) is 0 Å². The van der Waals surface area contributed by atoms with Crippen molar-refractivity contribution in [2.45, 2.75) is 129 Å². The zero-order valence-electron chi connectivity index (χ0n) is 37.4. The molecule has 0 N–H and O–H groups in total. The Balaban J connectivity index is 0.000000187. The fraction of sp³-hybridized carbons (Fsp3) is 0.423. The van der Waals surface area contributed by atoms with Crippen LogP contribution in [0.2, 0.25) is 51.9 Å². The van der Waals surface area contributed by atoms with Crippen LogP contribution in [-0.4, -0.2) is 31.8 Å². The van der Waals surface area contributed by atoms with E-state index < -0.39 is 49.6 Å². The first-order valence-electron chi connectivity index (χ1n) is 22.2. The van der Waals surface area contributed by atoms with Crippen molar-refractivity contribution in [2.24, 2.45) is 11.8 Å². The topological polar surface area (TPSA) is 0 Å². The fourth-order valence-electron chi connectivity index (χ4n) is 8.99. The minimum absolute atomic E-state index is 0.281. The molecule has 0 aromatic heterocycles. The van der Waals surface area contributed by atoms with E-state index in [9.17, 15) is 13.2 Å². The van der Waals surface area contributed by atoms with Gasteiger partial charge in [-0.05, 0) is 35.8 Å². The van der Waals surface area contributed by atoms with E-state index in [2.05, 4.69) is 148 Å². The normalized spacial score (nSPS) is 14.8. The van der Waals surface area contributed by atoms with Gasteiger partial charge in [-0.15, -0.1) is 69.1 Å². The first-order valence-corrected chi connectivity index (χ1v) is 37.3. The molecule has 0 unspecified atom stereocenters. The molecule has 2 radical (unpaired) electrons. The van der Waals surface area contributed by atoms with Gasteiger partial charge in [0.25, 0.3) is 0 Å². The molecular formula is C52H65Cl2F3Si3Zr. The first-order chi connectivity index (χ1) is 29.0. The number of fused-ring (bicyclic) bond motifs is 2. The molecular weight excluding hydrogens is 928 g/mol. The number of halogens is 5. The third kappa shape index (κ3) is 15.3. The van der Waals surface area contributed by atoms with Crippen LogP contribution in [-0.2, 0) is 33.7 Å². The summed E-state index contributed by atoms with van der Waals surface area (Å²) in [5.74, 6) is 1.83. The van der Waals surface area contributed by atoms with Gasteiger partial charge >= 0.3 is 44.1 Å². The summed E-state index contributed by atoms with van der Waals surface area (Å²) >= 11 is -0.826. The monoisotopic (exact) mass is 990 g/mol. The van der Waals surface area contributed by atoms with Gasteiger partial charge in [-0.25, -0.2) is 0 Å². The molecule has 0 aliphatic heterocycles.